The quantitative estimate of drug-likeness (QED) is 0.680. The van der Waals surface area contributed by atoms with E-state index in [0.717, 1.165) is 0 Å². The van der Waals surface area contributed by atoms with Gasteiger partial charge in [-0.3, -0.25) is 9.89 Å². The minimum absolute atomic E-state index is 0.0133. The Kier molecular flexibility index (Phi) is 3.23. The van der Waals surface area contributed by atoms with E-state index in [1.165, 1.54) is 12.1 Å². The third kappa shape index (κ3) is 2.30. The topological polar surface area (TPSA) is 87.6 Å². The number of nitrogen functional groups attached to an aromatic ring is 1. The zero-order chi connectivity index (χ0) is 15.0. The van der Waals surface area contributed by atoms with Gasteiger partial charge in [-0.2, -0.15) is 5.10 Å². The van der Waals surface area contributed by atoms with Crippen molar-refractivity contribution >= 4 is 17.4 Å². The molecule has 0 spiro atoms. The molecule has 2 aromatic heterocycles. The molecule has 3 aromatic rings. The molecule has 5 nitrogen and oxygen atoms in total. The standard InChI is InChI=1S/C14H10ClFN4O/c15-8-4-1-3-7(12(8)16)11-13(19-20-14(11)17)9-5-2-6-10(21)18-9/h1-6H,(H,18,21)(H3,17,19,20). The van der Waals surface area contributed by atoms with Gasteiger partial charge in [-0.1, -0.05) is 29.8 Å². The van der Waals surface area contributed by atoms with Gasteiger partial charge in [-0.15, -0.1) is 0 Å². The van der Waals surface area contributed by atoms with Crippen LogP contribution in [0.3, 0.4) is 0 Å². The summed E-state index contributed by atoms with van der Waals surface area (Å²) in [4.78, 5) is 14.1. The number of halogens is 2. The van der Waals surface area contributed by atoms with E-state index in [-0.39, 0.29) is 22.0 Å². The number of rotatable bonds is 2. The molecule has 2 heterocycles. The van der Waals surface area contributed by atoms with Crippen LogP contribution < -0.4 is 11.3 Å². The maximum absolute atomic E-state index is 14.2. The van der Waals surface area contributed by atoms with Gasteiger partial charge in [0.1, 0.15) is 5.82 Å². The molecule has 0 saturated carbocycles. The third-order valence-electron chi connectivity index (χ3n) is 3.05. The molecular weight excluding hydrogens is 295 g/mol. The Morgan fingerprint density at radius 3 is 2.71 bits per heavy atom. The Hall–Kier alpha value is -2.60. The molecule has 21 heavy (non-hydrogen) atoms. The second kappa shape index (κ2) is 5.06. The molecular formula is C14H10ClFN4O. The van der Waals surface area contributed by atoms with Gasteiger partial charge in [0, 0.05) is 11.6 Å². The number of benzene rings is 1. The zero-order valence-electron chi connectivity index (χ0n) is 10.7. The summed E-state index contributed by atoms with van der Waals surface area (Å²) in [5.41, 5.74) is 7.00. The van der Waals surface area contributed by atoms with E-state index in [2.05, 4.69) is 15.2 Å². The number of nitrogens with two attached hydrogens (primary N) is 1. The number of aromatic nitrogens is 3. The molecule has 1 aromatic carbocycles. The second-order valence-electron chi connectivity index (χ2n) is 4.39. The number of nitrogens with zero attached hydrogens (tertiary/aromatic N) is 1. The monoisotopic (exact) mass is 304 g/mol. The van der Waals surface area contributed by atoms with Crippen molar-refractivity contribution in [2.24, 2.45) is 0 Å². The largest absolute Gasteiger partial charge is 0.382 e. The minimum Gasteiger partial charge on any atom is -0.382 e. The molecule has 0 aliphatic carbocycles. The van der Waals surface area contributed by atoms with Crippen LogP contribution in [-0.2, 0) is 0 Å². The van der Waals surface area contributed by atoms with E-state index in [4.69, 9.17) is 17.3 Å². The highest BCUT2D eigenvalue weighted by molar-refractivity contribution is 6.31. The molecule has 0 saturated heterocycles. The average molecular weight is 305 g/mol. The van der Waals surface area contributed by atoms with Gasteiger partial charge in [0.2, 0.25) is 5.56 Å². The molecule has 0 fully saturated rings. The Bertz CT molecular complexity index is 871. The number of nitrogens with one attached hydrogen (secondary N) is 2. The molecule has 0 radical (unpaired) electrons. The van der Waals surface area contributed by atoms with Crippen molar-refractivity contribution in [2.45, 2.75) is 0 Å². The first-order valence-electron chi connectivity index (χ1n) is 6.06. The van der Waals surface area contributed by atoms with Crippen molar-refractivity contribution in [3.8, 4) is 22.5 Å². The first kappa shape index (κ1) is 13.4. The Labute approximate surface area is 123 Å². The first-order chi connectivity index (χ1) is 10.1. The Morgan fingerprint density at radius 1 is 1.19 bits per heavy atom. The summed E-state index contributed by atoms with van der Waals surface area (Å²) in [6, 6.07) is 9.24. The van der Waals surface area contributed by atoms with Crippen LogP contribution in [0.2, 0.25) is 5.02 Å². The number of hydrogen-bond donors (Lipinski definition) is 3. The molecule has 0 aliphatic rings. The summed E-state index contributed by atoms with van der Waals surface area (Å²) in [7, 11) is 0. The van der Waals surface area contributed by atoms with E-state index in [0.29, 0.717) is 17.0 Å². The fraction of sp³-hybridized carbons (Fsp3) is 0. The Balaban J connectivity index is 2.27. The first-order valence-corrected chi connectivity index (χ1v) is 6.43. The Morgan fingerprint density at radius 2 is 1.95 bits per heavy atom. The van der Waals surface area contributed by atoms with Crippen LogP contribution in [0.1, 0.15) is 0 Å². The summed E-state index contributed by atoms with van der Waals surface area (Å²) in [5.74, 6) is -0.470. The summed E-state index contributed by atoms with van der Waals surface area (Å²) in [5, 5.41) is 6.59. The highest BCUT2D eigenvalue weighted by Gasteiger charge is 2.19. The van der Waals surface area contributed by atoms with Crippen molar-refractivity contribution in [3.63, 3.8) is 0 Å². The van der Waals surface area contributed by atoms with Crippen LogP contribution >= 0.6 is 11.6 Å². The maximum atomic E-state index is 14.2. The molecule has 0 unspecified atom stereocenters. The van der Waals surface area contributed by atoms with Crippen molar-refractivity contribution in [3.05, 3.63) is 57.6 Å². The van der Waals surface area contributed by atoms with Gasteiger partial charge in [-0.05, 0) is 12.1 Å². The van der Waals surface area contributed by atoms with E-state index in [1.807, 2.05) is 0 Å². The predicted molar refractivity (Wildman–Crippen MR) is 79.5 cm³/mol. The summed E-state index contributed by atoms with van der Waals surface area (Å²) < 4.78 is 14.2. The predicted octanol–water partition coefficient (Wildman–Crippen LogP) is 2.81. The third-order valence-corrected chi connectivity index (χ3v) is 3.34. The number of H-pyrrole nitrogens is 2. The van der Waals surface area contributed by atoms with Gasteiger partial charge >= 0.3 is 0 Å². The minimum atomic E-state index is -0.591. The SMILES string of the molecule is Nc1n[nH]c(-c2cccc(=O)[nH]2)c1-c1cccc(Cl)c1F. The van der Waals surface area contributed by atoms with Crippen molar-refractivity contribution in [1.29, 1.82) is 0 Å². The van der Waals surface area contributed by atoms with Crippen molar-refractivity contribution in [2.75, 3.05) is 5.73 Å². The van der Waals surface area contributed by atoms with Gasteiger partial charge in [0.05, 0.1) is 22.0 Å². The smallest absolute Gasteiger partial charge is 0.248 e. The lowest BCUT2D eigenvalue weighted by Crippen LogP contribution is -2.04. The lowest BCUT2D eigenvalue weighted by atomic mass is 10.0. The van der Waals surface area contributed by atoms with Crippen molar-refractivity contribution < 1.29 is 4.39 Å². The van der Waals surface area contributed by atoms with Crippen LogP contribution in [0.25, 0.3) is 22.5 Å². The van der Waals surface area contributed by atoms with E-state index in [9.17, 15) is 9.18 Å². The molecule has 3 rings (SSSR count). The average Bonchev–Trinajstić information content (AvgIpc) is 2.84. The van der Waals surface area contributed by atoms with E-state index < -0.39 is 5.82 Å². The number of aromatic amines is 2. The van der Waals surface area contributed by atoms with Crippen LogP contribution in [0.5, 0.6) is 0 Å². The zero-order valence-corrected chi connectivity index (χ0v) is 11.4. The molecule has 0 aliphatic heterocycles. The van der Waals surface area contributed by atoms with E-state index >= 15 is 0 Å². The van der Waals surface area contributed by atoms with Gasteiger partial charge in [-0.25, -0.2) is 4.39 Å². The van der Waals surface area contributed by atoms with Crippen LogP contribution in [0, 0.1) is 5.82 Å². The number of pyridine rings is 1. The molecule has 0 amide bonds. The van der Waals surface area contributed by atoms with Crippen LogP contribution in [0.4, 0.5) is 10.2 Å². The second-order valence-corrected chi connectivity index (χ2v) is 4.80. The summed E-state index contributed by atoms with van der Waals surface area (Å²) in [6.07, 6.45) is 0. The van der Waals surface area contributed by atoms with Gasteiger partial charge in [0.15, 0.2) is 5.82 Å². The molecule has 0 atom stereocenters. The highest BCUT2D eigenvalue weighted by atomic mass is 35.5. The molecule has 0 bridgehead atoms. The van der Waals surface area contributed by atoms with Crippen LogP contribution in [0.15, 0.2) is 41.2 Å². The molecule has 4 N–H and O–H groups in total. The van der Waals surface area contributed by atoms with Gasteiger partial charge in [0.25, 0.3) is 0 Å². The van der Waals surface area contributed by atoms with Crippen molar-refractivity contribution in [1.82, 2.24) is 15.2 Å². The summed E-state index contributed by atoms with van der Waals surface area (Å²) in [6.45, 7) is 0. The number of hydrogen-bond acceptors (Lipinski definition) is 3. The fourth-order valence-corrected chi connectivity index (χ4v) is 2.29. The number of anilines is 1. The summed E-state index contributed by atoms with van der Waals surface area (Å²) >= 11 is 5.80. The maximum Gasteiger partial charge on any atom is 0.248 e. The molecule has 106 valence electrons. The fourth-order valence-electron chi connectivity index (χ4n) is 2.11. The lowest BCUT2D eigenvalue weighted by molar-refractivity contribution is 0.632. The normalized spacial score (nSPS) is 10.8. The molecule has 7 heteroatoms. The van der Waals surface area contributed by atoms with Gasteiger partial charge < -0.3 is 10.7 Å². The highest BCUT2D eigenvalue weighted by Crippen LogP contribution is 2.36. The lowest BCUT2D eigenvalue weighted by Gasteiger charge is -2.06. The van der Waals surface area contributed by atoms with Crippen LogP contribution in [-0.4, -0.2) is 15.2 Å². The van der Waals surface area contributed by atoms with E-state index in [1.54, 1.807) is 24.3 Å².